The Morgan fingerprint density at radius 2 is 1.39 bits per heavy atom. The van der Waals surface area contributed by atoms with Gasteiger partial charge in [-0.25, -0.2) is 0 Å². The summed E-state index contributed by atoms with van der Waals surface area (Å²) in [6, 6.07) is 35.1. The second-order valence-corrected chi connectivity index (χ2v) is 9.70. The number of rotatable bonds is 1. The summed E-state index contributed by atoms with van der Waals surface area (Å²) in [4.78, 5) is 0. The molecule has 6 aromatic rings. The second kappa shape index (κ2) is 6.39. The molecule has 1 aliphatic rings. The monoisotopic (exact) mass is 419 g/mol. The maximum absolute atomic E-state index is 6.22. The average molecular weight is 419 g/mol. The predicted octanol–water partition coefficient (Wildman–Crippen LogP) is 7.04. The van der Waals surface area contributed by atoms with Crippen molar-refractivity contribution in [3.05, 3.63) is 108 Å². The van der Waals surface area contributed by atoms with E-state index in [1.165, 1.54) is 54.8 Å². The standard InChI is InChI=1S/C31H22BN/c1-31(2)26-11-7-6-10-22(26)30-23-18-29-24(16-19(23)12-14-27(30)31)25-17-20(32)13-15-28(25)33(29)21-8-4-3-5-9-21/h3-18H,1-2H3. The van der Waals surface area contributed by atoms with Crippen LogP contribution in [-0.4, -0.2) is 12.4 Å². The summed E-state index contributed by atoms with van der Waals surface area (Å²) in [6.07, 6.45) is 0. The molecule has 5 aromatic carbocycles. The lowest BCUT2D eigenvalue weighted by atomic mass is 9.82. The Hall–Kier alpha value is -3.78. The van der Waals surface area contributed by atoms with Crippen molar-refractivity contribution in [2.24, 2.45) is 0 Å². The summed E-state index contributed by atoms with van der Waals surface area (Å²) in [5.41, 5.74) is 9.88. The molecule has 33 heavy (non-hydrogen) atoms. The highest BCUT2D eigenvalue weighted by atomic mass is 15.0. The van der Waals surface area contributed by atoms with Gasteiger partial charge in [-0.3, -0.25) is 0 Å². The van der Waals surface area contributed by atoms with Gasteiger partial charge in [0.25, 0.3) is 0 Å². The van der Waals surface area contributed by atoms with E-state index < -0.39 is 0 Å². The summed E-state index contributed by atoms with van der Waals surface area (Å²) in [5, 5.41) is 5.01. The third-order valence-electron chi connectivity index (χ3n) is 7.49. The van der Waals surface area contributed by atoms with Crippen LogP contribution in [0.15, 0.2) is 97.1 Å². The van der Waals surface area contributed by atoms with Gasteiger partial charge in [-0.2, -0.15) is 0 Å². The zero-order valence-electron chi connectivity index (χ0n) is 18.8. The van der Waals surface area contributed by atoms with Crippen LogP contribution in [0.2, 0.25) is 0 Å². The van der Waals surface area contributed by atoms with E-state index in [0.29, 0.717) is 0 Å². The number of fused-ring (bicyclic) bond motifs is 8. The molecule has 0 unspecified atom stereocenters. The van der Waals surface area contributed by atoms with Crippen LogP contribution in [0.4, 0.5) is 0 Å². The Bertz CT molecular complexity index is 1740. The van der Waals surface area contributed by atoms with Crippen molar-refractivity contribution >= 4 is 45.9 Å². The van der Waals surface area contributed by atoms with E-state index in [0.717, 1.165) is 11.2 Å². The van der Waals surface area contributed by atoms with Crippen LogP contribution in [0, 0.1) is 0 Å². The molecule has 154 valence electrons. The second-order valence-electron chi connectivity index (χ2n) is 9.70. The quantitative estimate of drug-likeness (QED) is 0.252. The third kappa shape index (κ3) is 2.44. The molecule has 2 heteroatoms. The third-order valence-corrected chi connectivity index (χ3v) is 7.49. The Morgan fingerprint density at radius 1 is 0.636 bits per heavy atom. The molecule has 7 rings (SSSR count). The first-order valence-electron chi connectivity index (χ1n) is 11.5. The molecule has 1 nitrogen and oxygen atoms in total. The van der Waals surface area contributed by atoms with Gasteiger partial charge in [0.2, 0.25) is 0 Å². The van der Waals surface area contributed by atoms with E-state index in [4.69, 9.17) is 7.85 Å². The van der Waals surface area contributed by atoms with E-state index in [1.807, 2.05) is 6.07 Å². The molecule has 0 spiro atoms. The highest BCUT2D eigenvalue weighted by molar-refractivity contribution is 6.34. The van der Waals surface area contributed by atoms with Crippen molar-refractivity contribution in [2.45, 2.75) is 19.3 Å². The van der Waals surface area contributed by atoms with Gasteiger partial charge in [-0.1, -0.05) is 86.0 Å². The molecule has 0 N–H and O–H groups in total. The largest absolute Gasteiger partial charge is 0.309 e. The first kappa shape index (κ1) is 18.8. The van der Waals surface area contributed by atoms with Crippen LogP contribution in [0.1, 0.15) is 25.0 Å². The van der Waals surface area contributed by atoms with Crippen LogP contribution < -0.4 is 5.46 Å². The summed E-state index contributed by atoms with van der Waals surface area (Å²) >= 11 is 0. The van der Waals surface area contributed by atoms with Gasteiger partial charge >= 0.3 is 0 Å². The van der Waals surface area contributed by atoms with Crippen molar-refractivity contribution in [1.82, 2.24) is 4.57 Å². The van der Waals surface area contributed by atoms with Crippen molar-refractivity contribution < 1.29 is 0 Å². The number of benzene rings is 5. The Morgan fingerprint density at radius 3 is 2.24 bits per heavy atom. The zero-order valence-corrected chi connectivity index (χ0v) is 18.8. The number of hydrogen-bond acceptors (Lipinski definition) is 0. The van der Waals surface area contributed by atoms with Crippen molar-refractivity contribution in [2.75, 3.05) is 0 Å². The van der Waals surface area contributed by atoms with Crippen molar-refractivity contribution in [1.29, 1.82) is 0 Å². The Balaban J connectivity index is 1.68. The van der Waals surface area contributed by atoms with Gasteiger partial charge in [0.1, 0.15) is 7.85 Å². The fourth-order valence-electron chi connectivity index (χ4n) is 5.91. The van der Waals surface area contributed by atoms with Crippen LogP contribution in [0.25, 0.3) is 49.4 Å². The van der Waals surface area contributed by atoms with E-state index in [-0.39, 0.29) is 5.41 Å². The Kier molecular flexibility index (Phi) is 3.63. The molecule has 0 bridgehead atoms. The molecule has 1 aromatic heterocycles. The molecule has 0 aliphatic heterocycles. The summed E-state index contributed by atoms with van der Waals surface area (Å²) in [6.45, 7) is 4.68. The fourth-order valence-corrected chi connectivity index (χ4v) is 5.91. The van der Waals surface area contributed by atoms with Crippen molar-refractivity contribution in [3.63, 3.8) is 0 Å². The van der Waals surface area contributed by atoms with Gasteiger partial charge in [-0.15, -0.1) is 0 Å². The lowest BCUT2D eigenvalue weighted by Crippen LogP contribution is -2.14. The normalized spacial score (nSPS) is 14.1. The maximum Gasteiger partial charge on any atom is 0.113 e. The van der Waals surface area contributed by atoms with Gasteiger partial charge in [0, 0.05) is 21.9 Å². The summed E-state index contributed by atoms with van der Waals surface area (Å²) in [5.74, 6) is 0. The lowest BCUT2D eigenvalue weighted by Gasteiger charge is -2.21. The van der Waals surface area contributed by atoms with Gasteiger partial charge in [0.15, 0.2) is 0 Å². The van der Waals surface area contributed by atoms with Crippen LogP contribution in [0.3, 0.4) is 0 Å². The van der Waals surface area contributed by atoms with E-state index in [9.17, 15) is 0 Å². The molecule has 0 saturated carbocycles. The van der Waals surface area contributed by atoms with Crippen molar-refractivity contribution in [3.8, 4) is 16.8 Å². The van der Waals surface area contributed by atoms with Gasteiger partial charge in [-0.05, 0) is 63.4 Å². The van der Waals surface area contributed by atoms with E-state index >= 15 is 0 Å². The fraction of sp³-hybridized carbons (Fsp3) is 0.0968. The molecule has 2 radical (unpaired) electrons. The predicted molar refractivity (Wildman–Crippen MR) is 141 cm³/mol. The first-order chi connectivity index (χ1) is 16.0. The molecule has 0 saturated heterocycles. The van der Waals surface area contributed by atoms with Crippen LogP contribution in [0.5, 0.6) is 0 Å². The minimum Gasteiger partial charge on any atom is -0.309 e. The summed E-state index contributed by atoms with van der Waals surface area (Å²) < 4.78 is 2.37. The number of hydrogen-bond donors (Lipinski definition) is 0. The molecular weight excluding hydrogens is 397 g/mol. The average Bonchev–Trinajstić information content (AvgIpc) is 3.27. The molecular formula is C31H22BN. The van der Waals surface area contributed by atoms with Gasteiger partial charge in [0.05, 0.1) is 11.0 Å². The smallest absolute Gasteiger partial charge is 0.113 e. The molecule has 0 amide bonds. The SMILES string of the molecule is [B]c1ccc2c(c1)c1cc3ccc4c(c3cc1n2-c1ccccc1)-c1ccccc1C4(C)C. The van der Waals surface area contributed by atoms with Crippen LogP contribution >= 0.6 is 0 Å². The Labute approximate surface area is 194 Å². The minimum atomic E-state index is -0.00430. The maximum atomic E-state index is 6.22. The topological polar surface area (TPSA) is 4.93 Å². The number of para-hydroxylation sites is 1. The van der Waals surface area contributed by atoms with E-state index in [2.05, 4.69) is 109 Å². The minimum absolute atomic E-state index is 0.00430. The van der Waals surface area contributed by atoms with E-state index in [1.54, 1.807) is 0 Å². The molecule has 0 atom stereocenters. The van der Waals surface area contributed by atoms with Crippen LogP contribution in [-0.2, 0) is 5.41 Å². The van der Waals surface area contributed by atoms with Gasteiger partial charge < -0.3 is 4.57 Å². The lowest BCUT2D eigenvalue weighted by molar-refractivity contribution is 0.661. The molecule has 1 aliphatic carbocycles. The zero-order chi connectivity index (χ0) is 22.3. The number of aromatic nitrogens is 1. The number of nitrogens with zero attached hydrogens (tertiary/aromatic N) is 1. The highest BCUT2D eigenvalue weighted by Crippen LogP contribution is 2.51. The first-order valence-corrected chi connectivity index (χ1v) is 11.5. The molecule has 1 heterocycles. The highest BCUT2D eigenvalue weighted by Gasteiger charge is 2.36. The summed E-state index contributed by atoms with van der Waals surface area (Å²) in [7, 11) is 6.22. The molecule has 0 fully saturated rings.